The second-order valence-corrected chi connectivity index (χ2v) is 3.04. The van der Waals surface area contributed by atoms with E-state index in [1.165, 1.54) is 0 Å². The monoisotopic (exact) mass is 252 g/mol. The van der Waals surface area contributed by atoms with Gasteiger partial charge in [-0.3, -0.25) is 0 Å². The minimum atomic E-state index is 0.251. The predicted molar refractivity (Wildman–Crippen MR) is 61.4 cm³/mol. The third-order valence-corrected chi connectivity index (χ3v) is 1.65. The van der Waals surface area contributed by atoms with Crippen LogP contribution in [-0.4, -0.2) is 53.6 Å². The van der Waals surface area contributed by atoms with Crippen LogP contribution in [0.3, 0.4) is 0 Å². The number of hydrogen-bond donors (Lipinski definition) is 0. The molecule has 0 amide bonds. The summed E-state index contributed by atoms with van der Waals surface area (Å²) in [6.45, 7) is 7.36. The fraction of sp³-hybridized carbons (Fsp3) is 1.00. The lowest BCUT2D eigenvalue weighted by atomic mass is 10.5. The molecule has 6 nitrogen and oxygen atoms in total. The maximum Gasteiger partial charge on any atom is 0.149 e. The fourth-order valence-corrected chi connectivity index (χ4v) is 0.851. The molecule has 0 N–H and O–H groups in total. The molecule has 0 aromatic rings. The van der Waals surface area contributed by atoms with Crippen molar-refractivity contribution in [2.24, 2.45) is 0 Å². The van der Waals surface area contributed by atoms with Gasteiger partial charge < -0.3 is 28.4 Å². The smallest absolute Gasteiger partial charge is 0.149 e. The average Bonchev–Trinajstić information content (AvgIpc) is 2.35. The molecule has 6 heteroatoms. The van der Waals surface area contributed by atoms with Gasteiger partial charge in [-0.15, -0.1) is 0 Å². The van der Waals surface area contributed by atoms with E-state index in [4.69, 9.17) is 28.4 Å². The summed E-state index contributed by atoms with van der Waals surface area (Å²) in [6, 6.07) is 0. The molecule has 0 radical (unpaired) electrons. The van der Waals surface area contributed by atoms with Crippen LogP contribution < -0.4 is 0 Å². The first kappa shape index (κ1) is 16.8. The van der Waals surface area contributed by atoms with E-state index in [2.05, 4.69) is 0 Å². The van der Waals surface area contributed by atoms with Gasteiger partial charge in [-0.1, -0.05) is 0 Å². The summed E-state index contributed by atoms with van der Waals surface area (Å²) in [6.07, 6.45) is 0.802. The first-order valence-electron chi connectivity index (χ1n) is 5.88. The molecule has 0 heterocycles. The van der Waals surface area contributed by atoms with Crippen molar-refractivity contribution in [2.45, 2.75) is 20.3 Å². The summed E-state index contributed by atoms with van der Waals surface area (Å²) in [5.41, 5.74) is 0. The molecule has 0 saturated heterocycles. The Bertz CT molecular complexity index is 119. The van der Waals surface area contributed by atoms with Crippen LogP contribution in [0.5, 0.6) is 0 Å². The van der Waals surface area contributed by atoms with Gasteiger partial charge in [-0.05, 0) is 20.3 Å². The Labute approximate surface area is 103 Å². The van der Waals surface area contributed by atoms with Crippen LogP contribution in [0, 0.1) is 0 Å². The van der Waals surface area contributed by atoms with Crippen LogP contribution in [0.1, 0.15) is 20.3 Å². The topological polar surface area (TPSA) is 55.4 Å². The first-order chi connectivity index (χ1) is 8.41. The Morgan fingerprint density at radius 1 is 0.529 bits per heavy atom. The Hall–Kier alpha value is -0.240. The van der Waals surface area contributed by atoms with E-state index in [1.807, 2.05) is 13.8 Å². The SMILES string of the molecule is CCOCOCOCCCOCOCOCC. The van der Waals surface area contributed by atoms with Crippen molar-refractivity contribution in [3.63, 3.8) is 0 Å². The standard InChI is InChI=1S/C11H24O6/c1-3-12-8-16-10-14-6-5-7-15-11-17-9-13-4-2/h3-11H2,1-2H3. The molecule has 17 heavy (non-hydrogen) atoms. The summed E-state index contributed by atoms with van der Waals surface area (Å²) in [4.78, 5) is 0. The summed E-state index contributed by atoms with van der Waals surface area (Å²) in [7, 11) is 0. The van der Waals surface area contributed by atoms with Crippen molar-refractivity contribution < 1.29 is 28.4 Å². The molecule has 0 aliphatic heterocycles. The molecule has 0 saturated carbocycles. The molecular formula is C11H24O6. The van der Waals surface area contributed by atoms with Crippen molar-refractivity contribution in [3.05, 3.63) is 0 Å². The molecule has 0 rings (SSSR count). The summed E-state index contributed by atoms with van der Waals surface area (Å²) < 4.78 is 30.3. The lowest BCUT2D eigenvalue weighted by molar-refractivity contribution is -0.140. The van der Waals surface area contributed by atoms with Crippen molar-refractivity contribution in [2.75, 3.05) is 53.6 Å². The molecule has 104 valence electrons. The van der Waals surface area contributed by atoms with Crippen molar-refractivity contribution in [1.82, 2.24) is 0 Å². The molecule has 0 aliphatic carbocycles. The van der Waals surface area contributed by atoms with E-state index in [0.29, 0.717) is 26.4 Å². The van der Waals surface area contributed by atoms with Gasteiger partial charge in [0, 0.05) is 13.2 Å². The lowest BCUT2D eigenvalue weighted by Gasteiger charge is -2.07. The lowest BCUT2D eigenvalue weighted by Crippen LogP contribution is -2.09. The summed E-state index contributed by atoms with van der Waals surface area (Å²) in [5.74, 6) is 0. The third kappa shape index (κ3) is 15.8. The predicted octanol–water partition coefficient (Wildman–Crippen LogP) is 1.35. The van der Waals surface area contributed by atoms with E-state index in [-0.39, 0.29) is 27.2 Å². The molecular weight excluding hydrogens is 228 g/mol. The van der Waals surface area contributed by atoms with E-state index in [1.54, 1.807) is 0 Å². The molecule has 0 spiro atoms. The summed E-state index contributed by atoms with van der Waals surface area (Å²) in [5, 5.41) is 0. The third-order valence-electron chi connectivity index (χ3n) is 1.65. The highest BCUT2D eigenvalue weighted by Gasteiger charge is 1.91. The Balaban J connectivity index is 2.85. The van der Waals surface area contributed by atoms with Gasteiger partial charge >= 0.3 is 0 Å². The normalized spacial score (nSPS) is 10.9. The van der Waals surface area contributed by atoms with Gasteiger partial charge in [0.05, 0.1) is 13.2 Å². The molecule has 0 aromatic heterocycles. The average molecular weight is 252 g/mol. The Kier molecular flexibility index (Phi) is 15.5. The van der Waals surface area contributed by atoms with Crippen LogP contribution in [0.15, 0.2) is 0 Å². The van der Waals surface area contributed by atoms with Gasteiger partial charge in [0.1, 0.15) is 27.2 Å². The fourth-order valence-electron chi connectivity index (χ4n) is 0.851. The Morgan fingerprint density at radius 2 is 0.941 bits per heavy atom. The van der Waals surface area contributed by atoms with Crippen molar-refractivity contribution in [3.8, 4) is 0 Å². The maximum absolute atomic E-state index is 5.18. The molecule has 0 fully saturated rings. The van der Waals surface area contributed by atoms with Crippen LogP contribution in [-0.2, 0) is 28.4 Å². The van der Waals surface area contributed by atoms with Crippen LogP contribution >= 0.6 is 0 Å². The zero-order valence-electron chi connectivity index (χ0n) is 10.8. The maximum atomic E-state index is 5.18. The second kappa shape index (κ2) is 15.8. The highest BCUT2D eigenvalue weighted by atomic mass is 16.7. The molecule has 0 atom stereocenters. The zero-order chi connectivity index (χ0) is 12.6. The molecule has 0 unspecified atom stereocenters. The minimum Gasteiger partial charge on any atom is -0.356 e. The Morgan fingerprint density at radius 3 is 1.35 bits per heavy atom. The van der Waals surface area contributed by atoms with Crippen molar-refractivity contribution >= 4 is 0 Å². The molecule has 0 bridgehead atoms. The van der Waals surface area contributed by atoms with Gasteiger partial charge in [0.25, 0.3) is 0 Å². The number of rotatable bonds is 14. The minimum absolute atomic E-state index is 0.251. The van der Waals surface area contributed by atoms with Gasteiger partial charge in [-0.25, -0.2) is 0 Å². The van der Waals surface area contributed by atoms with Gasteiger partial charge in [0.15, 0.2) is 0 Å². The second-order valence-electron chi connectivity index (χ2n) is 3.04. The van der Waals surface area contributed by atoms with Gasteiger partial charge in [-0.2, -0.15) is 0 Å². The zero-order valence-corrected chi connectivity index (χ0v) is 10.8. The number of hydrogen-bond acceptors (Lipinski definition) is 6. The number of ether oxygens (including phenoxy) is 6. The summed E-state index contributed by atoms with van der Waals surface area (Å²) >= 11 is 0. The quantitative estimate of drug-likeness (QED) is 0.343. The van der Waals surface area contributed by atoms with E-state index >= 15 is 0 Å². The molecule has 0 aromatic carbocycles. The first-order valence-corrected chi connectivity index (χ1v) is 5.88. The van der Waals surface area contributed by atoms with E-state index < -0.39 is 0 Å². The van der Waals surface area contributed by atoms with Crippen LogP contribution in [0.4, 0.5) is 0 Å². The highest BCUT2D eigenvalue weighted by molar-refractivity contribution is 4.30. The van der Waals surface area contributed by atoms with Crippen LogP contribution in [0.25, 0.3) is 0 Å². The molecule has 0 aliphatic rings. The van der Waals surface area contributed by atoms with E-state index in [0.717, 1.165) is 6.42 Å². The van der Waals surface area contributed by atoms with Crippen molar-refractivity contribution in [1.29, 1.82) is 0 Å². The van der Waals surface area contributed by atoms with E-state index in [9.17, 15) is 0 Å². The van der Waals surface area contributed by atoms with Crippen LogP contribution in [0.2, 0.25) is 0 Å². The highest BCUT2D eigenvalue weighted by Crippen LogP contribution is 1.88. The largest absolute Gasteiger partial charge is 0.356 e. The van der Waals surface area contributed by atoms with Gasteiger partial charge in [0.2, 0.25) is 0 Å².